The Balaban J connectivity index is 1.29. The molecule has 0 amide bonds. The number of hydrogen-bond acceptors (Lipinski definition) is 7. The number of para-hydroxylation sites is 4. The summed E-state index contributed by atoms with van der Waals surface area (Å²) >= 11 is 0. The molecule has 0 bridgehead atoms. The highest BCUT2D eigenvalue weighted by Gasteiger charge is 2.21. The molecule has 0 radical (unpaired) electrons. The van der Waals surface area contributed by atoms with Crippen LogP contribution in [-0.2, 0) is 0 Å². The van der Waals surface area contributed by atoms with Gasteiger partial charge >= 0.3 is 0 Å². The maximum absolute atomic E-state index is 14.1. The fourth-order valence-electron chi connectivity index (χ4n) is 6.90. The van der Waals surface area contributed by atoms with Crippen molar-refractivity contribution in [1.29, 1.82) is 0 Å². The smallest absolute Gasteiger partial charge is 0.164 e. The topological polar surface area (TPSA) is 100 Å². The minimum atomic E-state index is -0.381. The normalized spacial score (nSPS) is 11.4. The first-order valence-corrected chi connectivity index (χ1v) is 17.8. The molecule has 10 aromatic rings. The summed E-state index contributed by atoms with van der Waals surface area (Å²) in [5, 5.41) is 0. The first kappa shape index (κ1) is 32.8. The molecule has 56 heavy (non-hydrogen) atoms. The lowest BCUT2D eigenvalue weighted by Crippen LogP contribution is -2.05. The minimum absolute atomic E-state index is 0.328. The van der Waals surface area contributed by atoms with Gasteiger partial charge in [0.2, 0.25) is 0 Å². The number of imidazole rings is 2. The van der Waals surface area contributed by atoms with Crippen LogP contribution >= 0.6 is 0 Å². The number of halogens is 2. The van der Waals surface area contributed by atoms with E-state index in [1.165, 1.54) is 24.3 Å². The maximum Gasteiger partial charge on any atom is 0.164 e. The zero-order valence-corrected chi connectivity index (χ0v) is 29.4. The summed E-state index contributed by atoms with van der Waals surface area (Å²) < 4.78 is 32.4. The van der Waals surface area contributed by atoms with Crippen LogP contribution in [0.2, 0.25) is 0 Å². The van der Waals surface area contributed by atoms with Crippen LogP contribution in [0.5, 0.6) is 0 Å². The van der Waals surface area contributed by atoms with E-state index in [1.54, 1.807) is 49.1 Å². The molecule has 0 aliphatic carbocycles. The third-order valence-electron chi connectivity index (χ3n) is 9.48. The maximum atomic E-state index is 14.1. The molecule has 0 saturated carbocycles. The van der Waals surface area contributed by atoms with E-state index in [0.717, 1.165) is 44.6 Å². The van der Waals surface area contributed by atoms with E-state index in [4.69, 9.17) is 24.9 Å². The van der Waals surface area contributed by atoms with E-state index in [0.29, 0.717) is 45.8 Å². The van der Waals surface area contributed by atoms with Crippen LogP contribution in [0.4, 0.5) is 8.78 Å². The van der Waals surface area contributed by atoms with E-state index in [-0.39, 0.29) is 11.6 Å². The number of rotatable bonds is 7. The van der Waals surface area contributed by atoms with Gasteiger partial charge in [-0.2, -0.15) is 0 Å². The molecule has 11 heteroatoms. The molecule has 0 atom stereocenters. The van der Waals surface area contributed by atoms with Crippen LogP contribution in [0.1, 0.15) is 0 Å². The highest BCUT2D eigenvalue weighted by Crippen LogP contribution is 2.36. The van der Waals surface area contributed by atoms with Crippen molar-refractivity contribution in [3.05, 3.63) is 176 Å². The van der Waals surface area contributed by atoms with Gasteiger partial charge in [0.15, 0.2) is 17.5 Å². The lowest BCUT2D eigenvalue weighted by Gasteiger charge is -2.17. The second kappa shape index (κ2) is 13.6. The number of fused-ring (bicyclic) bond motifs is 2. The quantitative estimate of drug-likeness (QED) is 0.161. The van der Waals surface area contributed by atoms with Crippen LogP contribution in [0.15, 0.2) is 164 Å². The van der Waals surface area contributed by atoms with Crippen LogP contribution in [0, 0.1) is 11.6 Å². The van der Waals surface area contributed by atoms with E-state index in [9.17, 15) is 8.78 Å². The fraction of sp³-hybridized carbons (Fsp3) is 0. The van der Waals surface area contributed by atoms with E-state index < -0.39 is 0 Å². The summed E-state index contributed by atoms with van der Waals surface area (Å²) in [6.45, 7) is 0. The zero-order chi connectivity index (χ0) is 37.6. The van der Waals surface area contributed by atoms with Crippen molar-refractivity contribution in [2.24, 2.45) is 0 Å². The van der Waals surface area contributed by atoms with Crippen molar-refractivity contribution in [3.63, 3.8) is 0 Å². The molecule has 5 aromatic heterocycles. The lowest BCUT2D eigenvalue weighted by molar-refractivity contribution is 0.627. The molecule has 0 fully saturated rings. The third-order valence-corrected chi connectivity index (χ3v) is 9.48. The Morgan fingerprint density at radius 1 is 0.375 bits per heavy atom. The van der Waals surface area contributed by atoms with Gasteiger partial charge in [-0.3, -0.25) is 19.1 Å². The third kappa shape index (κ3) is 5.93. The molecule has 5 heterocycles. The van der Waals surface area contributed by atoms with E-state index in [1.807, 2.05) is 84.9 Å². The monoisotopic (exact) mass is 731 g/mol. The van der Waals surface area contributed by atoms with Gasteiger partial charge in [0.1, 0.15) is 23.3 Å². The number of aromatic nitrogens is 9. The molecule has 0 unspecified atom stereocenters. The first-order chi connectivity index (χ1) is 27.6. The van der Waals surface area contributed by atoms with E-state index in [2.05, 4.69) is 25.2 Å². The Labute approximate surface area is 318 Å². The molecule has 10 rings (SSSR count). The fourth-order valence-corrected chi connectivity index (χ4v) is 6.90. The summed E-state index contributed by atoms with van der Waals surface area (Å²) in [7, 11) is 0. The summed E-state index contributed by atoms with van der Waals surface area (Å²) in [6.07, 6.45) is 7.06. The Morgan fingerprint density at radius 3 is 1.23 bits per heavy atom. The molecule has 0 aliphatic heterocycles. The summed E-state index contributed by atoms with van der Waals surface area (Å²) in [5.74, 6) is 1.63. The Bertz CT molecular complexity index is 2840. The number of benzene rings is 5. The minimum Gasteiger partial charge on any atom is -0.292 e. The van der Waals surface area contributed by atoms with Crippen molar-refractivity contribution in [2.75, 3.05) is 0 Å². The molecular weight excluding hydrogens is 705 g/mol. The predicted octanol–water partition coefficient (Wildman–Crippen LogP) is 9.95. The van der Waals surface area contributed by atoms with Gasteiger partial charge in [-0.1, -0.05) is 24.3 Å². The van der Waals surface area contributed by atoms with Crippen LogP contribution in [0.3, 0.4) is 0 Å². The predicted molar refractivity (Wildman–Crippen MR) is 212 cm³/mol. The largest absolute Gasteiger partial charge is 0.292 e. The first-order valence-electron chi connectivity index (χ1n) is 17.8. The summed E-state index contributed by atoms with van der Waals surface area (Å²) in [6, 6.07) is 41.7. The van der Waals surface area contributed by atoms with Gasteiger partial charge in [0.25, 0.3) is 0 Å². The van der Waals surface area contributed by atoms with Gasteiger partial charge in [0.05, 0.1) is 33.4 Å². The highest BCUT2D eigenvalue weighted by molar-refractivity contribution is 5.86. The lowest BCUT2D eigenvalue weighted by atomic mass is 10.1. The summed E-state index contributed by atoms with van der Waals surface area (Å²) in [5.41, 5.74) is 8.41. The van der Waals surface area contributed by atoms with Gasteiger partial charge in [-0.15, -0.1) is 0 Å². The Kier molecular flexibility index (Phi) is 7.95. The van der Waals surface area contributed by atoms with Crippen molar-refractivity contribution < 1.29 is 8.78 Å². The number of pyridine rings is 2. The molecule has 0 saturated heterocycles. The standard InChI is InChI=1S/C45H27F2N9/c46-33-17-13-28(14-18-33)41-52-42(29-15-19-34(47)20-16-29)54-43(53-41)32-23-35(55-39-11-3-1-9-37(39)50-44(55)30-7-5-21-48-26-30)25-36(24-32)56-40-12-4-2-10-38(40)51-45(56)31-8-6-22-49-27-31/h1-27H. The van der Waals surface area contributed by atoms with Crippen molar-refractivity contribution >= 4 is 22.1 Å². The Hall–Kier alpha value is -7.79. The average molecular weight is 732 g/mol. The van der Waals surface area contributed by atoms with Gasteiger partial charge < -0.3 is 0 Å². The van der Waals surface area contributed by atoms with E-state index >= 15 is 0 Å². The molecule has 9 nitrogen and oxygen atoms in total. The van der Waals surface area contributed by atoms with Crippen molar-refractivity contribution in [2.45, 2.75) is 0 Å². The molecular formula is C45H27F2N9. The second-order valence-electron chi connectivity index (χ2n) is 13.1. The van der Waals surface area contributed by atoms with Crippen LogP contribution in [0.25, 0.3) is 90.4 Å². The average Bonchev–Trinajstić information content (AvgIpc) is 3.84. The Morgan fingerprint density at radius 2 is 0.804 bits per heavy atom. The van der Waals surface area contributed by atoms with Crippen LogP contribution < -0.4 is 0 Å². The molecule has 0 aliphatic rings. The molecule has 266 valence electrons. The molecule has 5 aromatic carbocycles. The zero-order valence-electron chi connectivity index (χ0n) is 29.4. The molecule has 0 N–H and O–H groups in total. The number of hydrogen-bond donors (Lipinski definition) is 0. The van der Waals surface area contributed by atoms with Crippen LogP contribution in [-0.4, -0.2) is 44.0 Å². The number of nitrogens with zero attached hydrogens (tertiary/aromatic N) is 9. The van der Waals surface area contributed by atoms with Gasteiger partial charge in [-0.05, 0) is 115 Å². The summed E-state index contributed by atoms with van der Waals surface area (Å²) in [4.78, 5) is 33.7. The van der Waals surface area contributed by atoms with Gasteiger partial charge in [-0.25, -0.2) is 33.7 Å². The highest BCUT2D eigenvalue weighted by atomic mass is 19.1. The van der Waals surface area contributed by atoms with Gasteiger partial charge in [0, 0.05) is 52.6 Å². The SMILES string of the molecule is Fc1ccc(-c2nc(-c3ccc(F)cc3)nc(-c3cc(-n4c(-c5cccnc5)nc5ccccc54)cc(-n4c(-c5cccnc5)nc5ccccc54)c3)n2)cc1. The second-order valence-corrected chi connectivity index (χ2v) is 13.1. The van der Waals surface area contributed by atoms with Crippen molar-refractivity contribution in [3.8, 4) is 68.3 Å². The van der Waals surface area contributed by atoms with Crippen molar-refractivity contribution in [1.82, 2.24) is 44.0 Å². The molecule has 0 spiro atoms.